The average Bonchev–Trinajstić information content (AvgIpc) is 2.80. The van der Waals surface area contributed by atoms with Crippen molar-refractivity contribution in [2.45, 2.75) is 31.3 Å². The number of benzene rings is 2. The van der Waals surface area contributed by atoms with E-state index in [4.69, 9.17) is 0 Å². The first-order valence-electron chi connectivity index (χ1n) is 8.07. The van der Waals surface area contributed by atoms with Gasteiger partial charge in [-0.15, -0.1) is 0 Å². The molecule has 1 fully saturated rings. The number of amides is 3. The fourth-order valence-corrected chi connectivity index (χ4v) is 4.22. The smallest absolute Gasteiger partial charge is 0.319 e. The highest BCUT2D eigenvalue weighted by Crippen LogP contribution is 2.40. The lowest BCUT2D eigenvalue weighted by atomic mass is 9.76. The first-order chi connectivity index (χ1) is 11.6. The van der Waals surface area contributed by atoms with E-state index in [-0.39, 0.29) is 18.5 Å². The molecule has 0 aromatic heterocycles. The van der Waals surface area contributed by atoms with Crippen LogP contribution in [-0.4, -0.2) is 16.8 Å². The number of carbonyl (C=O) groups excluding carboxylic acids is 2. The van der Waals surface area contributed by atoms with Gasteiger partial charge in [0.1, 0.15) is 5.54 Å². The normalized spacial score (nSPS) is 22.6. The number of fused-ring (bicyclic) bond motifs is 2. The van der Waals surface area contributed by atoms with Crippen LogP contribution >= 0.6 is 15.9 Å². The lowest BCUT2D eigenvalue weighted by Crippen LogP contribution is -2.46. The van der Waals surface area contributed by atoms with Crippen LogP contribution in [0.15, 0.2) is 53.0 Å². The van der Waals surface area contributed by atoms with E-state index in [9.17, 15) is 9.59 Å². The summed E-state index contributed by atoms with van der Waals surface area (Å²) in [5.41, 5.74) is 2.14. The molecule has 122 valence electrons. The van der Waals surface area contributed by atoms with E-state index < -0.39 is 5.54 Å². The van der Waals surface area contributed by atoms with Crippen molar-refractivity contribution in [1.82, 2.24) is 10.2 Å². The summed E-state index contributed by atoms with van der Waals surface area (Å²) >= 11 is 3.43. The van der Waals surface area contributed by atoms with Gasteiger partial charge < -0.3 is 5.32 Å². The molecule has 0 radical (unpaired) electrons. The Hall–Kier alpha value is -2.14. The highest BCUT2D eigenvalue weighted by atomic mass is 79.9. The second kappa shape index (κ2) is 5.74. The predicted molar refractivity (Wildman–Crippen MR) is 94.3 cm³/mol. The lowest BCUT2D eigenvalue weighted by molar-refractivity contribution is -0.132. The summed E-state index contributed by atoms with van der Waals surface area (Å²) in [4.78, 5) is 27.1. The summed E-state index contributed by atoms with van der Waals surface area (Å²) in [6.07, 6.45) is 2.50. The third kappa shape index (κ3) is 2.35. The first-order valence-corrected chi connectivity index (χ1v) is 8.86. The monoisotopic (exact) mass is 384 g/mol. The zero-order valence-electron chi connectivity index (χ0n) is 13.1. The number of halogens is 1. The van der Waals surface area contributed by atoms with E-state index in [1.165, 1.54) is 4.90 Å². The van der Waals surface area contributed by atoms with Gasteiger partial charge in [0, 0.05) is 4.47 Å². The average molecular weight is 385 g/mol. The molecular formula is C19H17BrN2O2. The summed E-state index contributed by atoms with van der Waals surface area (Å²) in [6.45, 7) is 0.286. The number of aryl methyl sites for hydroxylation is 1. The van der Waals surface area contributed by atoms with Crippen molar-refractivity contribution in [3.8, 4) is 0 Å². The van der Waals surface area contributed by atoms with E-state index in [1.54, 1.807) is 0 Å². The second-order valence-corrected chi connectivity index (χ2v) is 7.28. The Kier molecular flexibility index (Phi) is 3.68. The number of hydrogen-bond acceptors (Lipinski definition) is 2. The fourth-order valence-electron chi connectivity index (χ4n) is 3.77. The summed E-state index contributed by atoms with van der Waals surface area (Å²) in [6, 6.07) is 15.3. The van der Waals surface area contributed by atoms with Crippen molar-refractivity contribution >= 4 is 27.9 Å². The standard InChI is InChI=1S/C19H17BrN2O2/c20-15-8-3-5-13(11-15)12-22-17(23)19(21-18(22)24)10-4-7-14-6-1-2-9-16(14)19/h1-3,5-6,8-9,11H,4,7,10,12H2,(H,21,24). The van der Waals surface area contributed by atoms with E-state index in [0.717, 1.165) is 34.0 Å². The largest absolute Gasteiger partial charge is 0.325 e. The number of nitrogens with zero attached hydrogens (tertiary/aromatic N) is 1. The predicted octanol–water partition coefficient (Wildman–Crippen LogP) is 3.73. The Labute approximate surface area is 149 Å². The molecular weight excluding hydrogens is 368 g/mol. The molecule has 1 aliphatic heterocycles. The highest BCUT2D eigenvalue weighted by Gasteiger charge is 2.53. The van der Waals surface area contributed by atoms with Gasteiger partial charge in [-0.3, -0.25) is 9.69 Å². The summed E-state index contributed by atoms with van der Waals surface area (Å²) < 4.78 is 0.935. The zero-order valence-corrected chi connectivity index (χ0v) is 14.7. The highest BCUT2D eigenvalue weighted by molar-refractivity contribution is 9.10. The van der Waals surface area contributed by atoms with Crippen LogP contribution in [0.4, 0.5) is 4.79 Å². The van der Waals surface area contributed by atoms with Gasteiger partial charge in [-0.2, -0.15) is 0 Å². The number of imide groups is 1. The van der Waals surface area contributed by atoms with E-state index in [0.29, 0.717) is 6.42 Å². The van der Waals surface area contributed by atoms with E-state index in [2.05, 4.69) is 21.2 Å². The van der Waals surface area contributed by atoms with Gasteiger partial charge in [-0.05, 0) is 48.1 Å². The molecule has 0 bridgehead atoms. The third-order valence-electron chi connectivity index (χ3n) is 4.88. The number of rotatable bonds is 2. The van der Waals surface area contributed by atoms with Crippen LogP contribution in [0.2, 0.25) is 0 Å². The van der Waals surface area contributed by atoms with Crippen LogP contribution in [0.5, 0.6) is 0 Å². The Morgan fingerprint density at radius 3 is 2.79 bits per heavy atom. The van der Waals surface area contributed by atoms with Gasteiger partial charge in [-0.1, -0.05) is 52.3 Å². The Balaban J connectivity index is 1.70. The van der Waals surface area contributed by atoms with Crippen molar-refractivity contribution in [3.05, 3.63) is 69.7 Å². The van der Waals surface area contributed by atoms with Crippen molar-refractivity contribution in [2.24, 2.45) is 0 Å². The van der Waals surface area contributed by atoms with Crippen LogP contribution < -0.4 is 5.32 Å². The maximum Gasteiger partial charge on any atom is 0.325 e. The molecule has 4 nitrogen and oxygen atoms in total. The van der Waals surface area contributed by atoms with Gasteiger partial charge in [0.05, 0.1) is 6.54 Å². The second-order valence-electron chi connectivity index (χ2n) is 6.37. The molecule has 1 N–H and O–H groups in total. The molecule has 24 heavy (non-hydrogen) atoms. The van der Waals surface area contributed by atoms with E-state index >= 15 is 0 Å². The fraction of sp³-hybridized carbons (Fsp3) is 0.263. The molecule has 1 aliphatic carbocycles. The maximum absolute atomic E-state index is 13.2. The van der Waals surface area contributed by atoms with Gasteiger partial charge in [-0.25, -0.2) is 4.79 Å². The molecule has 5 heteroatoms. The Morgan fingerprint density at radius 2 is 1.96 bits per heavy atom. The zero-order chi connectivity index (χ0) is 16.7. The first kappa shape index (κ1) is 15.4. The molecule has 2 aliphatic rings. The number of urea groups is 1. The molecule has 3 amide bonds. The van der Waals surface area contributed by atoms with Crippen molar-refractivity contribution in [1.29, 1.82) is 0 Å². The molecule has 1 atom stereocenters. The van der Waals surface area contributed by atoms with Crippen LogP contribution in [0.3, 0.4) is 0 Å². The molecule has 4 rings (SSSR count). The van der Waals surface area contributed by atoms with Gasteiger partial charge in [0.2, 0.25) is 0 Å². The number of nitrogens with one attached hydrogen (secondary N) is 1. The SMILES string of the molecule is O=C1NC2(CCCc3ccccc32)C(=O)N1Cc1cccc(Br)c1. The van der Waals surface area contributed by atoms with Crippen molar-refractivity contribution < 1.29 is 9.59 Å². The van der Waals surface area contributed by atoms with Gasteiger partial charge >= 0.3 is 6.03 Å². The molecule has 1 unspecified atom stereocenters. The maximum atomic E-state index is 13.2. The van der Waals surface area contributed by atoms with Crippen molar-refractivity contribution in [3.63, 3.8) is 0 Å². The van der Waals surface area contributed by atoms with Crippen LogP contribution in [0.1, 0.15) is 29.5 Å². The minimum Gasteiger partial charge on any atom is -0.319 e. The van der Waals surface area contributed by atoms with Gasteiger partial charge in [0.25, 0.3) is 5.91 Å². The summed E-state index contributed by atoms with van der Waals surface area (Å²) in [5.74, 6) is -0.139. The molecule has 1 spiro atoms. The van der Waals surface area contributed by atoms with E-state index in [1.807, 2.05) is 48.5 Å². The summed E-state index contributed by atoms with van der Waals surface area (Å²) in [7, 11) is 0. The van der Waals surface area contributed by atoms with Crippen molar-refractivity contribution in [2.75, 3.05) is 0 Å². The summed E-state index contributed by atoms with van der Waals surface area (Å²) in [5, 5.41) is 2.99. The lowest BCUT2D eigenvalue weighted by Gasteiger charge is -2.33. The topological polar surface area (TPSA) is 49.4 Å². The Bertz CT molecular complexity index is 836. The number of hydrogen-bond donors (Lipinski definition) is 1. The van der Waals surface area contributed by atoms with Gasteiger partial charge in [0.15, 0.2) is 0 Å². The van der Waals surface area contributed by atoms with Crippen LogP contribution in [0.25, 0.3) is 0 Å². The molecule has 1 heterocycles. The minimum atomic E-state index is -0.891. The quantitative estimate of drug-likeness (QED) is 0.801. The minimum absolute atomic E-state index is 0.139. The molecule has 0 saturated carbocycles. The molecule has 2 aromatic carbocycles. The molecule has 1 saturated heterocycles. The number of carbonyl (C=O) groups is 2. The third-order valence-corrected chi connectivity index (χ3v) is 5.37. The molecule has 2 aromatic rings. The Morgan fingerprint density at radius 1 is 1.12 bits per heavy atom. The van der Waals surface area contributed by atoms with Crippen LogP contribution in [0, 0.1) is 0 Å². The van der Waals surface area contributed by atoms with Crippen LogP contribution in [-0.2, 0) is 23.3 Å².